The number of anilines is 1. The second kappa shape index (κ2) is 4.84. The molecule has 0 aliphatic rings. The van der Waals surface area contributed by atoms with Gasteiger partial charge in [0, 0.05) is 7.05 Å². The number of carboxylic acids is 1. The van der Waals surface area contributed by atoms with Gasteiger partial charge in [-0.2, -0.15) is 5.26 Å². The molecule has 0 heterocycles. The number of benzene rings is 1. The van der Waals surface area contributed by atoms with Gasteiger partial charge >= 0.3 is 5.97 Å². The molecule has 0 radical (unpaired) electrons. The Hall–Kier alpha value is -2.07. The van der Waals surface area contributed by atoms with Crippen molar-refractivity contribution in [3.8, 4) is 6.07 Å². The molecule has 1 aromatic rings. The summed E-state index contributed by atoms with van der Waals surface area (Å²) in [6, 6.07) is 7.23. The molecule has 0 amide bonds. The van der Waals surface area contributed by atoms with Gasteiger partial charge < -0.3 is 5.11 Å². The van der Waals surface area contributed by atoms with Crippen LogP contribution in [0.3, 0.4) is 0 Å². The highest BCUT2D eigenvalue weighted by Gasteiger charge is 2.22. The molecule has 0 saturated carbocycles. The first-order valence-corrected chi connectivity index (χ1v) is 6.17. The van der Waals surface area contributed by atoms with Crippen molar-refractivity contribution in [2.24, 2.45) is 0 Å². The van der Waals surface area contributed by atoms with Crippen LogP contribution in [-0.4, -0.2) is 32.3 Å². The van der Waals surface area contributed by atoms with Gasteiger partial charge in [-0.1, -0.05) is 12.1 Å². The van der Waals surface area contributed by atoms with Crippen LogP contribution in [0, 0.1) is 11.3 Å². The van der Waals surface area contributed by atoms with Crippen LogP contribution in [-0.2, 0) is 10.0 Å². The van der Waals surface area contributed by atoms with Crippen molar-refractivity contribution in [1.82, 2.24) is 0 Å². The van der Waals surface area contributed by atoms with Gasteiger partial charge in [-0.25, -0.2) is 13.2 Å². The van der Waals surface area contributed by atoms with Crippen molar-refractivity contribution in [2.45, 2.75) is 0 Å². The number of rotatable bonds is 4. The van der Waals surface area contributed by atoms with E-state index in [1.54, 1.807) is 0 Å². The summed E-state index contributed by atoms with van der Waals surface area (Å²) in [6.07, 6.45) is 0. The zero-order valence-electron chi connectivity index (χ0n) is 8.99. The first-order chi connectivity index (χ1) is 7.90. The molecule has 1 N–H and O–H groups in total. The summed E-state index contributed by atoms with van der Waals surface area (Å²) in [5.41, 5.74) is -0.0910. The smallest absolute Gasteiger partial charge is 0.337 e. The number of hydrogen-bond donors (Lipinski definition) is 1. The van der Waals surface area contributed by atoms with E-state index in [2.05, 4.69) is 0 Å². The van der Waals surface area contributed by atoms with E-state index >= 15 is 0 Å². The van der Waals surface area contributed by atoms with Gasteiger partial charge in [0.25, 0.3) is 0 Å². The van der Waals surface area contributed by atoms with Gasteiger partial charge in [0.15, 0.2) is 5.75 Å². The van der Waals surface area contributed by atoms with Crippen LogP contribution < -0.4 is 4.31 Å². The van der Waals surface area contributed by atoms with Crippen molar-refractivity contribution in [1.29, 1.82) is 5.26 Å². The minimum absolute atomic E-state index is 0.0373. The van der Waals surface area contributed by atoms with E-state index in [1.165, 1.54) is 37.4 Å². The Balaban J connectivity index is 3.27. The molecule has 0 saturated heterocycles. The van der Waals surface area contributed by atoms with Crippen molar-refractivity contribution < 1.29 is 18.3 Å². The average Bonchev–Trinajstić information content (AvgIpc) is 2.28. The molecule has 0 fully saturated rings. The molecule has 17 heavy (non-hydrogen) atoms. The second-order valence-corrected chi connectivity index (χ2v) is 5.20. The van der Waals surface area contributed by atoms with Crippen molar-refractivity contribution in [3.63, 3.8) is 0 Å². The normalized spacial score (nSPS) is 10.6. The summed E-state index contributed by atoms with van der Waals surface area (Å²) >= 11 is 0. The lowest BCUT2D eigenvalue weighted by atomic mass is 10.2. The molecule has 0 bridgehead atoms. The minimum atomic E-state index is -3.81. The predicted molar refractivity (Wildman–Crippen MR) is 61.2 cm³/mol. The zero-order chi connectivity index (χ0) is 13.1. The van der Waals surface area contributed by atoms with Crippen LogP contribution >= 0.6 is 0 Å². The summed E-state index contributed by atoms with van der Waals surface area (Å²) in [5, 5.41) is 17.3. The highest BCUT2D eigenvalue weighted by molar-refractivity contribution is 7.92. The number of hydrogen-bond acceptors (Lipinski definition) is 4. The number of carboxylic acid groups (broad SMARTS) is 1. The SMILES string of the molecule is CN(c1ccccc1C(=O)O)S(=O)(=O)CC#N. The summed E-state index contributed by atoms with van der Waals surface area (Å²) in [5.74, 6) is -1.92. The van der Waals surface area contributed by atoms with Gasteiger partial charge in [0.1, 0.15) is 0 Å². The summed E-state index contributed by atoms with van der Waals surface area (Å²) in [7, 11) is -2.59. The fraction of sp³-hybridized carbons (Fsp3) is 0.200. The summed E-state index contributed by atoms with van der Waals surface area (Å²) in [4.78, 5) is 10.9. The third-order valence-corrected chi connectivity index (χ3v) is 3.66. The Morgan fingerprint density at radius 2 is 2.06 bits per heavy atom. The third-order valence-electron chi connectivity index (χ3n) is 2.14. The fourth-order valence-corrected chi connectivity index (χ4v) is 2.07. The lowest BCUT2D eigenvalue weighted by Crippen LogP contribution is -2.29. The molecular weight excluding hydrogens is 244 g/mol. The maximum absolute atomic E-state index is 11.6. The highest BCUT2D eigenvalue weighted by atomic mass is 32.2. The minimum Gasteiger partial charge on any atom is -0.478 e. The van der Waals surface area contributed by atoms with E-state index in [1.807, 2.05) is 0 Å². The van der Waals surface area contributed by atoms with Gasteiger partial charge in [0.2, 0.25) is 10.0 Å². The lowest BCUT2D eigenvalue weighted by molar-refractivity contribution is 0.0698. The van der Waals surface area contributed by atoms with E-state index in [0.717, 1.165) is 4.31 Å². The van der Waals surface area contributed by atoms with E-state index in [9.17, 15) is 13.2 Å². The molecule has 0 aliphatic heterocycles. The van der Waals surface area contributed by atoms with Crippen molar-refractivity contribution >= 4 is 21.7 Å². The largest absolute Gasteiger partial charge is 0.478 e. The van der Waals surface area contributed by atoms with Crippen LogP contribution in [0.1, 0.15) is 10.4 Å². The zero-order valence-corrected chi connectivity index (χ0v) is 9.81. The molecule has 0 atom stereocenters. The Morgan fingerprint density at radius 3 is 2.59 bits per heavy atom. The standard InChI is InChI=1S/C10H10N2O4S/c1-12(17(15,16)7-6-11)9-5-3-2-4-8(9)10(13)14/h2-5H,7H2,1H3,(H,13,14). The highest BCUT2D eigenvalue weighted by Crippen LogP contribution is 2.21. The van der Waals surface area contributed by atoms with Crippen LogP contribution in [0.2, 0.25) is 0 Å². The fourth-order valence-electron chi connectivity index (χ4n) is 1.26. The van der Waals surface area contributed by atoms with E-state index < -0.39 is 21.7 Å². The summed E-state index contributed by atoms with van der Waals surface area (Å²) in [6.45, 7) is 0. The molecule has 1 aromatic carbocycles. The van der Waals surface area contributed by atoms with Gasteiger partial charge in [-0.15, -0.1) is 0 Å². The van der Waals surface area contributed by atoms with Gasteiger partial charge in [-0.3, -0.25) is 4.31 Å². The Morgan fingerprint density at radius 1 is 1.47 bits per heavy atom. The average molecular weight is 254 g/mol. The molecule has 0 unspecified atom stereocenters. The molecule has 0 spiro atoms. The Kier molecular flexibility index (Phi) is 3.70. The molecule has 6 nitrogen and oxygen atoms in total. The molecule has 90 valence electrons. The Labute approximate surface area is 98.8 Å². The number of carbonyl (C=O) groups is 1. The van der Waals surface area contributed by atoms with Crippen molar-refractivity contribution in [2.75, 3.05) is 17.1 Å². The van der Waals surface area contributed by atoms with Crippen LogP contribution in [0.25, 0.3) is 0 Å². The number of para-hydroxylation sites is 1. The molecule has 0 aromatic heterocycles. The van der Waals surface area contributed by atoms with Gasteiger partial charge in [-0.05, 0) is 12.1 Å². The molecule has 0 aliphatic carbocycles. The predicted octanol–water partition coefficient (Wildman–Crippen LogP) is 0.674. The third kappa shape index (κ3) is 2.73. The topological polar surface area (TPSA) is 98.5 Å². The van der Waals surface area contributed by atoms with Crippen molar-refractivity contribution in [3.05, 3.63) is 29.8 Å². The first-order valence-electron chi connectivity index (χ1n) is 4.56. The first kappa shape index (κ1) is 13.0. The maximum Gasteiger partial charge on any atom is 0.337 e. The quantitative estimate of drug-likeness (QED) is 0.851. The van der Waals surface area contributed by atoms with Crippen LogP contribution in [0.4, 0.5) is 5.69 Å². The lowest BCUT2D eigenvalue weighted by Gasteiger charge is -2.19. The van der Waals surface area contributed by atoms with Crippen LogP contribution in [0.15, 0.2) is 24.3 Å². The number of nitriles is 1. The number of nitrogens with zero attached hydrogens (tertiary/aromatic N) is 2. The van der Waals surface area contributed by atoms with E-state index in [-0.39, 0.29) is 11.3 Å². The number of sulfonamides is 1. The Bertz CT molecular complexity index is 574. The van der Waals surface area contributed by atoms with E-state index in [0.29, 0.717) is 0 Å². The number of aromatic carboxylic acids is 1. The monoisotopic (exact) mass is 254 g/mol. The molecule has 1 rings (SSSR count). The second-order valence-electron chi connectivity index (χ2n) is 3.20. The van der Waals surface area contributed by atoms with Crippen LogP contribution in [0.5, 0.6) is 0 Å². The maximum atomic E-state index is 11.6. The molecule has 7 heteroatoms. The summed E-state index contributed by atoms with van der Waals surface area (Å²) < 4.78 is 24.0. The molecular formula is C10H10N2O4S. The van der Waals surface area contributed by atoms with E-state index in [4.69, 9.17) is 10.4 Å². The van der Waals surface area contributed by atoms with Gasteiger partial charge in [0.05, 0.1) is 17.3 Å².